The fourth-order valence-electron chi connectivity index (χ4n) is 2.56. The van der Waals surface area contributed by atoms with Gasteiger partial charge >= 0.3 is 0 Å². The minimum Gasteiger partial charge on any atom is -0.350 e. The van der Waals surface area contributed by atoms with E-state index >= 15 is 0 Å². The summed E-state index contributed by atoms with van der Waals surface area (Å²) in [5.74, 6) is -0.157. The zero-order chi connectivity index (χ0) is 18.1. The fraction of sp³-hybridized carbons (Fsp3) is 0.350. The standard InChI is InChI=1S/C20H25N3O2/c1-3-7-19(24)23(15-18-8-5-4-6-9-18)16(2)20(25)22-14-17-10-12-21-13-11-17/h4-6,8-13,16H,3,7,14-15H2,1-2H3,(H,22,25). The summed E-state index contributed by atoms with van der Waals surface area (Å²) in [4.78, 5) is 30.7. The maximum absolute atomic E-state index is 12.5. The smallest absolute Gasteiger partial charge is 0.242 e. The minimum atomic E-state index is -0.527. The van der Waals surface area contributed by atoms with Crippen LogP contribution in [0.25, 0.3) is 0 Å². The number of hydrogen-bond acceptors (Lipinski definition) is 3. The molecule has 0 bridgehead atoms. The molecule has 0 saturated heterocycles. The van der Waals surface area contributed by atoms with Crippen LogP contribution >= 0.6 is 0 Å². The van der Waals surface area contributed by atoms with Crippen LogP contribution in [0.4, 0.5) is 0 Å². The van der Waals surface area contributed by atoms with Crippen molar-refractivity contribution in [2.24, 2.45) is 0 Å². The van der Waals surface area contributed by atoms with Crippen molar-refractivity contribution in [2.45, 2.75) is 45.8 Å². The summed E-state index contributed by atoms with van der Waals surface area (Å²) in [6, 6.07) is 12.9. The molecule has 1 aromatic heterocycles. The molecule has 1 heterocycles. The molecule has 2 rings (SSSR count). The predicted octanol–water partition coefficient (Wildman–Crippen LogP) is 2.92. The number of aromatic nitrogens is 1. The highest BCUT2D eigenvalue weighted by Crippen LogP contribution is 2.12. The lowest BCUT2D eigenvalue weighted by Gasteiger charge is -2.28. The Kier molecular flexibility index (Phi) is 7.14. The number of nitrogens with one attached hydrogen (secondary N) is 1. The topological polar surface area (TPSA) is 62.3 Å². The van der Waals surface area contributed by atoms with E-state index in [1.165, 1.54) is 0 Å². The molecule has 5 nitrogen and oxygen atoms in total. The van der Waals surface area contributed by atoms with Crippen LogP contribution in [0.1, 0.15) is 37.8 Å². The number of rotatable bonds is 8. The molecule has 0 radical (unpaired) electrons. The highest BCUT2D eigenvalue weighted by molar-refractivity contribution is 5.87. The van der Waals surface area contributed by atoms with E-state index < -0.39 is 6.04 Å². The van der Waals surface area contributed by atoms with E-state index in [-0.39, 0.29) is 11.8 Å². The van der Waals surface area contributed by atoms with Crippen LogP contribution in [0.2, 0.25) is 0 Å². The Morgan fingerprint density at radius 1 is 1.08 bits per heavy atom. The molecule has 0 fully saturated rings. The molecule has 1 atom stereocenters. The number of hydrogen-bond donors (Lipinski definition) is 1. The highest BCUT2D eigenvalue weighted by Gasteiger charge is 2.25. The molecule has 1 unspecified atom stereocenters. The van der Waals surface area contributed by atoms with E-state index in [4.69, 9.17) is 0 Å². The van der Waals surface area contributed by atoms with E-state index in [9.17, 15) is 9.59 Å². The molecule has 2 aromatic rings. The first-order valence-corrected chi connectivity index (χ1v) is 8.61. The van der Waals surface area contributed by atoms with Gasteiger partial charge in [0, 0.05) is 31.9 Å². The van der Waals surface area contributed by atoms with Gasteiger partial charge in [-0.15, -0.1) is 0 Å². The second-order valence-corrected chi connectivity index (χ2v) is 6.01. The normalized spacial score (nSPS) is 11.6. The van der Waals surface area contributed by atoms with Gasteiger partial charge in [-0.05, 0) is 36.6 Å². The van der Waals surface area contributed by atoms with Crippen molar-refractivity contribution in [3.63, 3.8) is 0 Å². The first-order chi connectivity index (χ1) is 12.1. The van der Waals surface area contributed by atoms with Crippen LogP contribution in [-0.4, -0.2) is 27.7 Å². The summed E-state index contributed by atoms with van der Waals surface area (Å²) in [7, 11) is 0. The van der Waals surface area contributed by atoms with Crippen LogP contribution in [-0.2, 0) is 22.7 Å². The zero-order valence-electron chi connectivity index (χ0n) is 14.8. The zero-order valence-corrected chi connectivity index (χ0v) is 14.8. The average molecular weight is 339 g/mol. The molecule has 2 amide bonds. The Balaban J connectivity index is 2.04. The van der Waals surface area contributed by atoms with E-state index in [1.54, 1.807) is 24.2 Å². The van der Waals surface area contributed by atoms with Gasteiger partial charge < -0.3 is 10.2 Å². The molecule has 1 N–H and O–H groups in total. The first-order valence-electron chi connectivity index (χ1n) is 8.61. The quantitative estimate of drug-likeness (QED) is 0.804. The molecular formula is C20H25N3O2. The number of pyridine rings is 1. The van der Waals surface area contributed by atoms with Crippen LogP contribution in [0.5, 0.6) is 0 Å². The first kappa shape index (κ1) is 18.6. The SMILES string of the molecule is CCCC(=O)N(Cc1ccccc1)C(C)C(=O)NCc1ccncc1. The fourth-order valence-corrected chi connectivity index (χ4v) is 2.56. The largest absolute Gasteiger partial charge is 0.350 e. The lowest BCUT2D eigenvalue weighted by Crippen LogP contribution is -2.47. The number of benzene rings is 1. The third-order valence-corrected chi connectivity index (χ3v) is 4.04. The summed E-state index contributed by atoms with van der Waals surface area (Å²) in [5.41, 5.74) is 1.99. The third kappa shape index (κ3) is 5.71. The summed E-state index contributed by atoms with van der Waals surface area (Å²) >= 11 is 0. The minimum absolute atomic E-state index is 0.00193. The van der Waals surface area contributed by atoms with Crippen molar-refractivity contribution < 1.29 is 9.59 Å². The molecular weight excluding hydrogens is 314 g/mol. The highest BCUT2D eigenvalue weighted by atomic mass is 16.2. The summed E-state index contributed by atoms with van der Waals surface area (Å²) in [6.07, 6.45) is 4.58. The lowest BCUT2D eigenvalue weighted by molar-refractivity contribution is -0.140. The van der Waals surface area contributed by atoms with Gasteiger partial charge in [0.15, 0.2) is 0 Å². The van der Waals surface area contributed by atoms with Crippen LogP contribution in [0.15, 0.2) is 54.9 Å². The third-order valence-electron chi connectivity index (χ3n) is 4.04. The molecule has 0 saturated carbocycles. The van der Waals surface area contributed by atoms with Crippen molar-refractivity contribution in [1.82, 2.24) is 15.2 Å². The molecule has 25 heavy (non-hydrogen) atoms. The molecule has 0 aliphatic rings. The van der Waals surface area contributed by atoms with Gasteiger partial charge in [0.1, 0.15) is 6.04 Å². The van der Waals surface area contributed by atoms with Gasteiger partial charge in [0.25, 0.3) is 0 Å². The second kappa shape index (κ2) is 9.57. The van der Waals surface area contributed by atoms with Crippen molar-refractivity contribution in [3.8, 4) is 0 Å². The van der Waals surface area contributed by atoms with Crippen LogP contribution < -0.4 is 5.32 Å². The summed E-state index contributed by atoms with van der Waals surface area (Å²) in [6.45, 7) is 4.60. The van der Waals surface area contributed by atoms with Crippen LogP contribution in [0.3, 0.4) is 0 Å². The Labute approximate surface area is 149 Å². The number of nitrogens with zero attached hydrogens (tertiary/aromatic N) is 2. The average Bonchev–Trinajstić information content (AvgIpc) is 2.65. The van der Waals surface area contributed by atoms with Gasteiger partial charge in [-0.1, -0.05) is 37.3 Å². The monoisotopic (exact) mass is 339 g/mol. The molecule has 0 aliphatic carbocycles. The van der Waals surface area contributed by atoms with Crippen molar-refractivity contribution in [2.75, 3.05) is 0 Å². The summed E-state index contributed by atoms with van der Waals surface area (Å²) in [5, 5.41) is 2.90. The number of amides is 2. The molecule has 132 valence electrons. The predicted molar refractivity (Wildman–Crippen MR) is 97.4 cm³/mol. The number of carbonyl (C=O) groups is 2. The maximum Gasteiger partial charge on any atom is 0.242 e. The molecule has 5 heteroatoms. The van der Waals surface area contributed by atoms with Crippen LogP contribution in [0, 0.1) is 0 Å². The Hall–Kier alpha value is -2.69. The number of carbonyl (C=O) groups excluding carboxylic acids is 2. The van der Waals surface area contributed by atoms with E-state index in [0.29, 0.717) is 19.5 Å². The van der Waals surface area contributed by atoms with Gasteiger partial charge in [-0.25, -0.2) is 0 Å². The lowest BCUT2D eigenvalue weighted by atomic mass is 10.1. The van der Waals surface area contributed by atoms with Gasteiger partial charge in [-0.3, -0.25) is 14.6 Å². The van der Waals surface area contributed by atoms with Gasteiger partial charge in [0.2, 0.25) is 11.8 Å². The Morgan fingerprint density at radius 3 is 2.40 bits per heavy atom. The summed E-state index contributed by atoms with van der Waals surface area (Å²) < 4.78 is 0. The molecule has 1 aromatic carbocycles. The Bertz CT molecular complexity index is 674. The van der Waals surface area contributed by atoms with Crippen molar-refractivity contribution >= 4 is 11.8 Å². The molecule has 0 spiro atoms. The Morgan fingerprint density at radius 2 is 1.76 bits per heavy atom. The van der Waals surface area contributed by atoms with E-state index in [0.717, 1.165) is 17.5 Å². The van der Waals surface area contributed by atoms with Crippen molar-refractivity contribution in [1.29, 1.82) is 0 Å². The van der Waals surface area contributed by atoms with Gasteiger partial charge in [0.05, 0.1) is 0 Å². The maximum atomic E-state index is 12.5. The van der Waals surface area contributed by atoms with E-state index in [1.807, 2.05) is 49.4 Å². The van der Waals surface area contributed by atoms with Gasteiger partial charge in [-0.2, -0.15) is 0 Å². The van der Waals surface area contributed by atoms with E-state index in [2.05, 4.69) is 10.3 Å². The second-order valence-electron chi connectivity index (χ2n) is 6.01. The van der Waals surface area contributed by atoms with Crippen molar-refractivity contribution in [3.05, 3.63) is 66.0 Å². The molecule has 0 aliphatic heterocycles.